The van der Waals surface area contributed by atoms with E-state index in [4.69, 9.17) is 26.1 Å². The zero-order valence-electron chi connectivity index (χ0n) is 25.0. The first-order valence-electron chi connectivity index (χ1n) is 14.3. The molecular formula is C35H29ClFN3O4S. The molecule has 0 saturated heterocycles. The van der Waals surface area contributed by atoms with Gasteiger partial charge in [-0.25, -0.2) is 14.2 Å². The molecule has 1 atom stereocenters. The normalized spacial score (nSPS) is 14.7. The van der Waals surface area contributed by atoms with Gasteiger partial charge in [0, 0.05) is 22.6 Å². The van der Waals surface area contributed by atoms with Gasteiger partial charge in [0.05, 0.1) is 40.6 Å². The molecule has 5 aromatic rings. The number of halogens is 2. The Balaban J connectivity index is 1.60. The number of benzene rings is 3. The van der Waals surface area contributed by atoms with Crippen molar-refractivity contribution in [2.75, 3.05) is 13.7 Å². The largest absolute Gasteiger partial charge is 0.497 e. The highest BCUT2D eigenvalue weighted by Crippen LogP contribution is 2.36. The Bertz CT molecular complexity index is 2160. The van der Waals surface area contributed by atoms with Crippen molar-refractivity contribution >= 4 is 40.7 Å². The van der Waals surface area contributed by atoms with Crippen LogP contribution in [-0.4, -0.2) is 28.8 Å². The molecule has 45 heavy (non-hydrogen) atoms. The van der Waals surface area contributed by atoms with E-state index in [-0.39, 0.29) is 22.8 Å². The maximum atomic E-state index is 14.3. The standard InChI is InChI=1S/C35H29ClFN3O4S/c1-5-44-34(42)30-31(22-10-7-6-8-11-22)38-35-40(32(30)23-12-9-13-26(17-23)43-4)33(41)29(45-35)18-24-16-20(2)39(21(24)3)25-14-15-28(37)27(36)19-25/h6-19,32H,5H2,1-4H3/b29-18+/t32-/m0/s1. The predicted octanol–water partition coefficient (Wildman–Crippen LogP) is 6.14. The third-order valence-electron chi connectivity index (χ3n) is 7.70. The van der Waals surface area contributed by atoms with Gasteiger partial charge in [-0.2, -0.15) is 0 Å². The van der Waals surface area contributed by atoms with Gasteiger partial charge in [0.25, 0.3) is 5.56 Å². The molecule has 0 bridgehead atoms. The van der Waals surface area contributed by atoms with Crippen LogP contribution in [0.4, 0.5) is 4.39 Å². The van der Waals surface area contributed by atoms with E-state index in [1.54, 1.807) is 30.7 Å². The van der Waals surface area contributed by atoms with Gasteiger partial charge in [0.15, 0.2) is 4.80 Å². The molecule has 6 rings (SSSR count). The van der Waals surface area contributed by atoms with Gasteiger partial charge in [-0.05, 0) is 74.4 Å². The number of aromatic nitrogens is 2. The van der Waals surface area contributed by atoms with Crippen molar-refractivity contribution < 1.29 is 18.7 Å². The molecule has 3 aromatic carbocycles. The highest BCUT2D eigenvalue weighted by molar-refractivity contribution is 7.07. The second-order valence-electron chi connectivity index (χ2n) is 10.5. The Morgan fingerprint density at radius 2 is 1.84 bits per heavy atom. The van der Waals surface area contributed by atoms with Gasteiger partial charge in [-0.3, -0.25) is 9.36 Å². The Morgan fingerprint density at radius 3 is 2.56 bits per heavy atom. The number of rotatable bonds is 7. The van der Waals surface area contributed by atoms with E-state index in [1.807, 2.05) is 85.2 Å². The highest BCUT2D eigenvalue weighted by Gasteiger charge is 2.35. The number of hydrogen-bond donors (Lipinski definition) is 0. The summed E-state index contributed by atoms with van der Waals surface area (Å²) in [5.74, 6) is -0.458. The number of carbonyl (C=O) groups excluding carboxylic acids is 1. The molecule has 0 amide bonds. The average Bonchev–Trinajstić information content (AvgIpc) is 3.51. The van der Waals surface area contributed by atoms with Crippen molar-refractivity contribution in [3.63, 3.8) is 0 Å². The topological polar surface area (TPSA) is 74.8 Å². The number of ether oxygens (including phenoxy) is 2. The highest BCUT2D eigenvalue weighted by atomic mass is 35.5. The van der Waals surface area contributed by atoms with Crippen molar-refractivity contribution in [1.29, 1.82) is 0 Å². The molecule has 0 saturated carbocycles. The second-order valence-corrected chi connectivity index (χ2v) is 11.9. The van der Waals surface area contributed by atoms with Crippen LogP contribution in [0, 0.1) is 19.7 Å². The Hall–Kier alpha value is -4.73. The number of esters is 1. The van der Waals surface area contributed by atoms with Gasteiger partial charge in [0.2, 0.25) is 0 Å². The molecule has 0 aliphatic carbocycles. The van der Waals surface area contributed by atoms with E-state index in [1.165, 1.54) is 17.4 Å². The van der Waals surface area contributed by atoms with Crippen LogP contribution in [0.25, 0.3) is 17.5 Å². The van der Waals surface area contributed by atoms with Crippen molar-refractivity contribution in [2.45, 2.75) is 26.8 Å². The summed E-state index contributed by atoms with van der Waals surface area (Å²) in [5.41, 5.74) is 5.08. The van der Waals surface area contributed by atoms with Crippen molar-refractivity contribution in [3.05, 3.63) is 143 Å². The molecule has 1 aliphatic heterocycles. The summed E-state index contributed by atoms with van der Waals surface area (Å²) in [5, 5.41) is 0.0269. The van der Waals surface area contributed by atoms with Gasteiger partial charge in [0.1, 0.15) is 11.6 Å². The quantitative estimate of drug-likeness (QED) is 0.200. The van der Waals surface area contributed by atoms with Crippen LogP contribution in [0.2, 0.25) is 5.02 Å². The minimum Gasteiger partial charge on any atom is -0.497 e. The summed E-state index contributed by atoms with van der Waals surface area (Å²) in [7, 11) is 1.57. The smallest absolute Gasteiger partial charge is 0.338 e. The monoisotopic (exact) mass is 641 g/mol. The minimum absolute atomic E-state index is 0.0269. The van der Waals surface area contributed by atoms with Gasteiger partial charge >= 0.3 is 5.97 Å². The van der Waals surface area contributed by atoms with E-state index < -0.39 is 17.8 Å². The van der Waals surface area contributed by atoms with E-state index in [0.717, 1.165) is 22.5 Å². The fourth-order valence-corrected chi connectivity index (χ4v) is 6.83. The summed E-state index contributed by atoms with van der Waals surface area (Å²) >= 11 is 7.33. The fraction of sp³-hybridized carbons (Fsp3) is 0.171. The van der Waals surface area contributed by atoms with Gasteiger partial charge < -0.3 is 14.0 Å². The number of carbonyl (C=O) groups is 1. The first-order valence-corrected chi connectivity index (χ1v) is 15.5. The van der Waals surface area contributed by atoms with E-state index in [2.05, 4.69) is 0 Å². The van der Waals surface area contributed by atoms with Crippen LogP contribution in [-0.2, 0) is 9.53 Å². The molecular weight excluding hydrogens is 613 g/mol. The van der Waals surface area contributed by atoms with Crippen LogP contribution in [0.15, 0.2) is 94.2 Å². The van der Waals surface area contributed by atoms with Crippen LogP contribution >= 0.6 is 22.9 Å². The Labute approximate surface area is 267 Å². The van der Waals surface area contributed by atoms with Gasteiger partial charge in [-0.1, -0.05) is 65.4 Å². The van der Waals surface area contributed by atoms with Crippen molar-refractivity contribution in [3.8, 4) is 11.4 Å². The summed E-state index contributed by atoms with van der Waals surface area (Å²) in [4.78, 5) is 33.3. The first kappa shape index (κ1) is 30.3. The number of aryl methyl sites for hydroxylation is 1. The van der Waals surface area contributed by atoms with E-state index in [0.29, 0.717) is 32.0 Å². The summed E-state index contributed by atoms with van der Waals surface area (Å²) in [6, 6.07) is 22.4. The number of methoxy groups -OCH3 is 1. The number of thiazole rings is 1. The first-order chi connectivity index (χ1) is 21.7. The molecule has 10 heteroatoms. The lowest BCUT2D eigenvalue weighted by Crippen LogP contribution is -2.40. The molecule has 3 heterocycles. The summed E-state index contributed by atoms with van der Waals surface area (Å²) < 4.78 is 28.9. The fourth-order valence-electron chi connectivity index (χ4n) is 5.66. The van der Waals surface area contributed by atoms with Crippen LogP contribution < -0.4 is 19.6 Å². The SMILES string of the molecule is CCOC(=O)C1=C(c2ccccc2)N=c2s/c(=C/c3cc(C)n(-c4ccc(F)c(Cl)c4)c3C)c(=O)n2[C@H]1c1cccc(OC)c1. The third-order valence-corrected chi connectivity index (χ3v) is 8.97. The maximum absolute atomic E-state index is 14.3. The average molecular weight is 642 g/mol. The Kier molecular flexibility index (Phi) is 8.31. The number of hydrogen-bond acceptors (Lipinski definition) is 6. The second kappa shape index (κ2) is 12.3. The molecule has 1 aliphatic rings. The third kappa shape index (κ3) is 5.54. The predicted molar refractivity (Wildman–Crippen MR) is 174 cm³/mol. The molecule has 0 spiro atoms. The molecule has 0 radical (unpaired) electrons. The summed E-state index contributed by atoms with van der Waals surface area (Å²) in [6.07, 6.45) is 1.83. The molecule has 0 N–H and O–H groups in total. The lowest BCUT2D eigenvalue weighted by atomic mass is 9.93. The van der Waals surface area contributed by atoms with Crippen LogP contribution in [0.3, 0.4) is 0 Å². The molecule has 0 fully saturated rings. The zero-order chi connectivity index (χ0) is 31.8. The Morgan fingerprint density at radius 1 is 1.07 bits per heavy atom. The lowest BCUT2D eigenvalue weighted by molar-refractivity contribution is -0.138. The molecule has 2 aromatic heterocycles. The van der Waals surface area contributed by atoms with E-state index in [9.17, 15) is 14.0 Å². The van der Waals surface area contributed by atoms with Crippen molar-refractivity contribution in [1.82, 2.24) is 9.13 Å². The minimum atomic E-state index is -0.818. The van der Waals surface area contributed by atoms with Crippen molar-refractivity contribution in [2.24, 2.45) is 4.99 Å². The number of fused-ring (bicyclic) bond motifs is 1. The van der Waals surface area contributed by atoms with Crippen LogP contribution in [0.1, 0.15) is 41.0 Å². The maximum Gasteiger partial charge on any atom is 0.338 e. The zero-order valence-corrected chi connectivity index (χ0v) is 26.6. The van der Waals surface area contributed by atoms with E-state index >= 15 is 0 Å². The lowest BCUT2D eigenvalue weighted by Gasteiger charge is -2.26. The summed E-state index contributed by atoms with van der Waals surface area (Å²) in [6.45, 7) is 5.77. The molecule has 7 nitrogen and oxygen atoms in total. The number of nitrogens with zero attached hydrogens (tertiary/aromatic N) is 3. The van der Waals surface area contributed by atoms with Gasteiger partial charge in [-0.15, -0.1) is 0 Å². The van der Waals surface area contributed by atoms with Crippen LogP contribution in [0.5, 0.6) is 5.75 Å². The molecule has 0 unspecified atom stereocenters. The molecule has 228 valence electrons.